The zero-order valence-electron chi connectivity index (χ0n) is 44.8. The maximum Gasteiger partial charge on any atom is 0.408 e. The van der Waals surface area contributed by atoms with Gasteiger partial charge in [0.05, 0.1) is 13.2 Å². The molecule has 5 aromatic carbocycles. The Morgan fingerprint density at radius 2 is 1.12 bits per heavy atom. The van der Waals surface area contributed by atoms with E-state index < -0.39 is 74.3 Å². The summed E-state index contributed by atoms with van der Waals surface area (Å²) >= 11 is 0. The number of aliphatic carboxylic acids is 1. The molecule has 5 N–H and O–H groups in total. The van der Waals surface area contributed by atoms with Crippen LogP contribution in [0.5, 0.6) is 5.75 Å². The lowest BCUT2D eigenvalue weighted by Gasteiger charge is -2.40. The molecule has 0 heterocycles. The van der Waals surface area contributed by atoms with Crippen molar-refractivity contribution in [3.05, 3.63) is 161 Å². The van der Waals surface area contributed by atoms with Crippen LogP contribution in [-0.4, -0.2) is 93.0 Å². The van der Waals surface area contributed by atoms with Crippen molar-refractivity contribution in [1.29, 1.82) is 0 Å². The van der Waals surface area contributed by atoms with Crippen molar-refractivity contribution < 1.29 is 62.0 Å². The minimum Gasteiger partial charge on any atom is -0.489 e. The molecule has 406 valence electrons. The highest BCUT2D eigenvalue weighted by atomic mass is 28.4. The quantitative estimate of drug-likeness (QED) is 0.0221. The summed E-state index contributed by atoms with van der Waals surface area (Å²) in [4.78, 5) is 80.0. The second kappa shape index (κ2) is 27.7. The number of methoxy groups -OCH3 is 1. The van der Waals surface area contributed by atoms with Gasteiger partial charge in [0.15, 0.2) is 8.32 Å². The van der Waals surface area contributed by atoms with Gasteiger partial charge in [-0.15, -0.1) is 0 Å². The van der Waals surface area contributed by atoms with Crippen LogP contribution in [0.2, 0.25) is 18.1 Å². The van der Waals surface area contributed by atoms with Crippen molar-refractivity contribution in [3.63, 3.8) is 0 Å². The van der Waals surface area contributed by atoms with E-state index in [-0.39, 0.29) is 50.7 Å². The van der Waals surface area contributed by atoms with Gasteiger partial charge in [-0.3, -0.25) is 4.79 Å². The van der Waals surface area contributed by atoms with Gasteiger partial charge >= 0.3 is 30.2 Å². The van der Waals surface area contributed by atoms with E-state index in [1.165, 1.54) is 7.11 Å². The summed E-state index contributed by atoms with van der Waals surface area (Å²) in [5.74, 6) is -2.39. The van der Waals surface area contributed by atoms with Crippen LogP contribution < -0.4 is 26.0 Å². The summed E-state index contributed by atoms with van der Waals surface area (Å²) in [5.41, 5.74) is 3.91. The molecule has 0 fully saturated rings. The summed E-state index contributed by atoms with van der Waals surface area (Å²) in [6.07, 6.45) is -3.67. The van der Waals surface area contributed by atoms with E-state index in [4.69, 9.17) is 28.1 Å². The van der Waals surface area contributed by atoms with Gasteiger partial charge in [-0.25, -0.2) is 24.0 Å². The monoisotopic (exact) mass is 1060 g/mol. The number of hydrogen-bond donors (Lipinski definition) is 5. The zero-order valence-corrected chi connectivity index (χ0v) is 45.8. The first-order valence-corrected chi connectivity index (χ1v) is 28.0. The number of esters is 1. The third kappa shape index (κ3) is 19.5. The van der Waals surface area contributed by atoms with Crippen LogP contribution in [-0.2, 0) is 70.4 Å². The number of alkyl carbamates (subject to hydrolysis) is 3. The SMILES string of the molecule is COC(=O)[C@H](Cc1cccc(-c2ccc(OCc3ccccc3)c(C[C@H](NC(=O)OCc3ccccc3)C(=O)O)c2)c1)NC(=O)[C@H](C[C@H](CNC(=O)OCc1ccccc1)O[Si](C)(C)C(C)(C)C)NC(=O)OC(C)(C)C. The van der Waals surface area contributed by atoms with Crippen molar-refractivity contribution in [3.8, 4) is 16.9 Å². The largest absolute Gasteiger partial charge is 0.489 e. The number of benzene rings is 5. The summed E-state index contributed by atoms with van der Waals surface area (Å²) in [5, 5.41) is 20.7. The summed E-state index contributed by atoms with van der Waals surface area (Å²) in [7, 11) is -1.39. The molecule has 5 rings (SSSR count). The fraction of sp³-hybridized carbons (Fsp3) is 0.379. The van der Waals surface area contributed by atoms with Crippen LogP contribution in [0.3, 0.4) is 0 Å². The molecular formula is C58H72N4O13Si. The van der Waals surface area contributed by atoms with E-state index in [1.807, 2.05) is 119 Å². The summed E-state index contributed by atoms with van der Waals surface area (Å²) in [6, 6.07) is 36.2. The Bertz CT molecular complexity index is 2710. The Morgan fingerprint density at radius 3 is 1.67 bits per heavy atom. The van der Waals surface area contributed by atoms with Gasteiger partial charge in [0, 0.05) is 25.8 Å². The predicted octanol–water partition coefficient (Wildman–Crippen LogP) is 9.66. The normalized spacial score (nSPS) is 13.1. The molecule has 4 atom stereocenters. The van der Waals surface area contributed by atoms with Crippen molar-refractivity contribution in [2.24, 2.45) is 0 Å². The first kappa shape index (κ1) is 59.2. The molecule has 76 heavy (non-hydrogen) atoms. The van der Waals surface area contributed by atoms with Crippen molar-refractivity contribution in [1.82, 2.24) is 21.3 Å². The highest BCUT2D eigenvalue weighted by Gasteiger charge is 2.41. The van der Waals surface area contributed by atoms with Crippen molar-refractivity contribution in [2.45, 2.75) is 129 Å². The number of rotatable bonds is 24. The Hall–Kier alpha value is -7.70. The predicted molar refractivity (Wildman–Crippen MR) is 290 cm³/mol. The molecule has 4 amide bonds. The van der Waals surface area contributed by atoms with E-state index in [9.17, 15) is 33.9 Å². The smallest absolute Gasteiger partial charge is 0.408 e. The van der Waals surface area contributed by atoms with Gasteiger partial charge < -0.3 is 54.5 Å². The molecule has 0 saturated carbocycles. The first-order valence-electron chi connectivity index (χ1n) is 25.1. The molecule has 0 aliphatic rings. The highest BCUT2D eigenvalue weighted by Crippen LogP contribution is 2.38. The summed E-state index contributed by atoms with van der Waals surface area (Å²) < 4.78 is 34.6. The average molecular weight is 1060 g/mol. The van der Waals surface area contributed by atoms with E-state index in [0.717, 1.165) is 16.7 Å². The number of carbonyl (C=O) groups is 6. The van der Waals surface area contributed by atoms with Crippen LogP contribution in [0, 0.1) is 0 Å². The van der Waals surface area contributed by atoms with Gasteiger partial charge in [-0.1, -0.05) is 142 Å². The van der Waals surface area contributed by atoms with Crippen LogP contribution >= 0.6 is 0 Å². The number of carboxylic acids is 1. The van der Waals surface area contributed by atoms with Gasteiger partial charge in [0.1, 0.15) is 49.3 Å². The molecule has 0 spiro atoms. The molecule has 0 radical (unpaired) electrons. The molecule has 17 nitrogen and oxygen atoms in total. The lowest BCUT2D eigenvalue weighted by molar-refractivity contribution is -0.145. The molecule has 0 aliphatic heterocycles. The van der Waals surface area contributed by atoms with Crippen LogP contribution in [0.15, 0.2) is 133 Å². The van der Waals surface area contributed by atoms with Crippen molar-refractivity contribution in [2.75, 3.05) is 13.7 Å². The minimum absolute atomic E-state index is 0.0292. The Labute approximate surface area is 446 Å². The molecule has 0 aliphatic carbocycles. The summed E-state index contributed by atoms with van der Waals surface area (Å²) in [6.45, 7) is 15.3. The standard InChI is InChI=1S/C58H72N4O13Si/c1-57(2,3)74-56(69)61-47(34-46(75-76(8,9)58(4,5)6)35-59-54(67)72-37-40-22-15-11-16-23-40)51(63)60-49(53(66)70-7)31-42-26-19-27-43(30-42)44-28-29-50(71-36-39-20-13-10-14-21-39)45(32-44)33-48(52(64)65)62-55(68)73-38-41-24-17-12-18-25-41/h10-30,32,46-49H,31,33-38H2,1-9H3,(H,59,67)(H,60,63)(H,61,69)(H,62,68)(H,64,65)/t46-,47+,48+,49+/m1/s1. The second-order valence-electron chi connectivity index (χ2n) is 20.8. The Balaban J connectivity index is 1.40. The number of amides is 4. The van der Waals surface area contributed by atoms with Crippen LogP contribution in [0.1, 0.15) is 75.8 Å². The third-order valence-electron chi connectivity index (χ3n) is 12.5. The fourth-order valence-electron chi connectivity index (χ4n) is 7.53. The van der Waals surface area contributed by atoms with Crippen LogP contribution in [0.25, 0.3) is 11.1 Å². The van der Waals surface area contributed by atoms with E-state index in [0.29, 0.717) is 28.0 Å². The Morgan fingerprint density at radius 1 is 0.579 bits per heavy atom. The molecule has 5 aromatic rings. The number of ether oxygens (including phenoxy) is 5. The zero-order chi connectivity index (χ0) is 55.5. The molecule has 0 aromatic heterocycles. The van der Waals surface area contributed by atoms with E-state index in [2.05, 4.69) is 21.3 Å². The third-order valence-corrected chi connectivity index (χ3v) is 17.0. The molecule has 0 bridgehead atoms. The molecule has 0 unspecified atom stereocenters. The molecular weight excluding hydrogens is 989 g/mol. The van der Waals surface area contributed by atoms with E-state index >= 15 is 0 Å². The van der Waals surface area contributed by atoms with Crippen LogP contribution in [0.4, 0.5) is 14.4 Å². The maximum atomic E-state index is 14.5. The van der Waals surface area contributed by atoms with Gasteiger partial charge in [-0.05, 0) is 90.0 Å². The fourth-order valence-corrected chi connectivity index (χ4v) is 8.89. The van der Waals surface area contributed by atoms with Gasteiger partial charge in [0.25, 0.3) is 0 Å². The van der Waals surface area contributed by atoms with Gasteiger partial charge in [0.2, 0.25) is 5.91 Å². The number of nitrogens with one attached hydrogen (secondary N) is 4. The minimum atomic E-state index is -2.59. The molecule has 18 heteroatoms. The Kier molecular flexibility index (Phi) is 21.6. The maximum absolute atomic E-state index is 14.5. The topological polar surface area (TPSA) is 226 Å². The number of carboxylic acid groups (broad SMARTS) is 1. The highest BCUT2D eigenvalue weighted by molar-refractivity contribution is 6.74. The van der Waals surface area contributed by atoms with Crippen molar-refractivity contribution >= 4 is 44.4 Å². The number of carbonyl (C=O) groups excluding carboxylic acids is 5. The van der Waals surface area contributed by atoms with Gasteiger partial charge in [-0.2, -0.15) is 0 Å². The van der Waals surface area contributed by atoms with E-state index in [1.54, 1.807) is 69.3 Å². The average Bonchev–Trinajstić information content (AvgIpc) is 3.37. The molecule has 0 saturated heterocycles. The number of hydrogen-bond acceptors (Lipinski definition) is 12. The second-order valence-corrected chi connectivity index (χ2v) is 25.5. The lowest BCUT2D eigenvalue weighted by atomic mass is 9.96. The lowest BCUT2D eigenvalue weighted by Crippen LogP contribution is -2.56. The first-order chi connectivity index (χ1) is 36.0.